The summed E-state index contributed by atoms with van der Waals surface area (Å²) in [5.41, 5.74) is 2.86. The fourth-order valence-electron chi connectivity index (χ4n) is 1.90. The number of nitrogens with one attached hydrogen (secondary N) is 1. The van der Waals surface area contributed by atoms with Crippen molar-refractivity contribution in [3.63, 3.8) is 0 Å². The monoisotopic (exact) mass is 247 g/mol. The van der Waals surface area contributed by atoms with Crippen molar-refractivity contribution in [2.24, 2.45) is 0 Å². The van der Waals surface area contributed by atoms with Crippen LogP contribution in [0.25, 0.3) is 0 Å². The van der Waals surface area contributed by atoms with Gasteiger partial charge in [-0.15, -0.1) is 12.4 Å². The van der Waals surface area contributed by atoms with Gasteiger partial charge in [-0.05, 0) is 42.1 Å². The molecule has 0 radical (unpaired) electrons. The molecule has 1 aliphatic heterocycles. The molecule has 3 heteroatoms. The Morgan fingerprint density at radius 2 is 2.13 bits per heavy atom. The fraction of sp³-hybridized carbons (Fsp3) is 0.500. The first-order valence-corrected chi connectivity index (χ1v) is 5.14. The Bertz CT molecular complexity index is 312. The molecule has 0 spiro atoms. The van der Waals surface area contributed by atoms with E-state index in [-0.39, 0.29) is 19.8 Å². The molecule has 0 saturated carbocycles. The van der Waals surface area contributed by atoms with Gasteiger partial charge < -0.3 is 5.32 Å². The lowest BCUT2D eigenvalue weighted by Crippen LogP contribution is -2.18. The van der Waals surface area contributed by atoms with Crippen molar-refractivity contribution in [3.8, 4) is 0 Å². The third kappa shape index (κ3) is 3.37. The Hall–Kier alpha value is -0.240. The molecule has 1 N–H and O–H groups in total. The third-order valence-corrected chi connectivity index (χ3v) is 2.90. The molecule has 15 heavy (non-hydrogen) atoms. The molecule has 0 saturated heterocycles. The van der Waals surface area contributed by atoms with Gasteiger partial charge in [0.05, 0.1) is 0 Å². The Labute approximate surface area is 104 Å². The molecule has 0 amide bonds. The zero-order valence-corrected chi connectivity index (χ0v) is 9.79. The molecule has 0 aliphatic carbocycles. The molecule has 2 rings (SSSR count). The van der Waals surface area contributed by atoms with E-state index in [0.29, 0.717) is 5.92 Å². The van der Waals surface area contributed by atoms with Crippen LogP contribution in [-0.2, 0) is 6.42 Å². The van der Waals surface area contributed by atoms with E-state index in [2.05, 4.69) is 24.4 Å². The minimum atomic E-state index is 0. The third-order valence-electron chi connectivity index (χ3n) is 2.66. The smallest absolute Gasteiger partial charge is 0.0409 e. The number of hydrogen-bond donors (Lipinski definition) is 1. The van der Waals surface area contributed by atoms with Crippen LogP contribution in [0.1, 0.15) is 31.4 Å². The summed E-state index contributed by atoms with van der Waals surface area (Å²) in [6, 6.07) is 6.24. The zero-order chi connectivity index (χ0) is 9.26. The van der Waals surface area contributed by atoms with E-state index in [1.807, 2.05) is 6.07 Å². The van der Waals surface area contributed by atoms with Crippen molar-refractivity contribution in [1.29, 1.82) is 0 Å². The molecule has 1 aromatic carbocycles. The molecule has 1 aliphatic rings. The number of rotatable bonds is 0. The van der Waals surface area contributed by atoms with Crippen LogP contribution in [0.4, 0.5) is 0 Å². The lowest BCUT2D eigenvalue weighted by Gasteiger charge is -2.11. The van der Waals surface area contributed by atoms with Gasteiger partial charge in [0.1, 0.15) is 0 Å². The summed E-state index contributed by atoms with van der Waals surface area (Å²) in [6.45, 7) is 4.39. The first-order chi connectivity index (χ1) is 6.27. The second-order valence-electron chi connectivity index (χ2n) is 3.70. The maximum atomic E-state index is 5.97. The zero-order valence-electron chi connectivity index (χ0n) is 8.22. The number of halogens is 2. The van der Waals surface area contributed by atoms with Crippen molar-refractivity contribution in [2.75, 3.05) is 13.1 Å². The largest absolute Gasteiger partial charge is 0.316 e. The molecule has 1 heterocycles. The minimum Gasteiger partial charge on any atom is -0.316 e. The molecule has 1 aromatic rings. The molecule has 0 bridgehead atoms. The molecular weight excluding hydrogens is 229 g/mol. The van der Waals surface area contributed by atoms with Crippen molar-refractivity contribution in [1.82, 2.24) is 5.32 Å². The highest BCUT2D eigenvalue weighted by Gasteiger charge is 2.13. The van der Waals surface area contributed by atoms with Crippen LogP contribution in [0.5, 0.6) is 0 Å². The number of hydrogen-bond acceptors (Lipinski definition) is 1. The van der Waals surface area contributed by atoms with Crippen molar-refractivity contribution in [2.45, 2.75) is 26.7 Å². The second-order valence-corrected chi connectivity index (χ2v) is 4.13. The average Bonchev–Trinajstić information content (AvgIpc) is 2.29. The van der Waals surface area contributed by atoms with Crippen LogP contribution in [0, 0.1) is 0 Å². The number of fused-ring (bicyclic) bond motifs is 1. The van der Waals surface area contributed by atoms with Crippen molar-refractivity contribution >= 4 is 24.0 Å². The van der Waals surface area contributed by atoms with E-state index in [4.69, 9.17) is 11.6 Å². The molecule has 0 fully saturated rings. The van der Waals surface area contributed by atoms with Crippen LogP contribution in [0.15, 0.2) is 18.2 Å². The summed E-state index contributed by atoms with van der Waals surface area (Å²) >= 11 is 5.97. The number of benzene rings is 1. The lowest BCUT2D eigenvalue weighted by atomic mass is 9.96. The first kappa shape index (κ1) is 14.8. The predicted molar refractivity (Wildman–Crippen MR) is 70.4 cm³/mol. The summed E-state index contributed by atoms with van der Waals surface area (Å²) in [4.78, 5) is 0. The summed E-state index contributed by atoms with van der Waals surface area (Å²) in [5.74, 6) is 0.580. The van der Waals surface area contributed by atoms with Gasteiger partial charge in [-0.1, -0.05) is 32.0 Å². The molecule has 0 aromatic heterocycles. The average molecular weight is 248 g/mol. The van der Waals surface area contributed by atoms with E-state index >= 15 is 0 Å². The fourth-order valence-corrected chi connectivity index (χ4v) is 2.08. The maximum Gasteiger partial charge on any atom is 0.0409 e. The van der Waals surface area contributed by atoms with E-state index in [9.17, 15) is 0 Å². The summed E-state index contributed by atoms with van der Waals surface area (Å²) in [7, 11) is 0. The Balaban J connectivity index is 0.000000980. The predicted octanol–water partition coefficient (Wildman–Crippen LogP) is 3.65. The normalized spacial score (nSPS) is 19.2. The Kier molecular flexibility index (Phi) is 6.26. The molecule has 1 nitrogen and oxygen atoms in total. The van der Waals surface area contributed by atoms with Gasteiger partial charge in [0.2, 0.25) is 0 Å². The topological polar surface area (TPSA) is 12.0 Å². The summed E-state index contributed by atoms with van der Waals surface area (Å²) < 4.78 is 0. The lowest BCUT2D eigenvalue weighted by molar-refractivity contribution is 0.644. The SMILES string of the molecule is C.C[C@H]1CNCCc2ccc(Cl)cc21.Cl. The van der Waals surface area contributed by atoms with Gasteiger partial charge in [-0.3, -0.25) is 0 Å². The van der Waals surface area contributed by atoms with E-state index in [1.165, 1.54) is 11.1 Å². The van der Waals surface area contributed by atoms with Gasteiger partial charge in [0.25, 0.3) is 0 Å². The highest BCUT2D eigenvalue weighted by atomic mass is 35.5. The van der Waals surface area contributed by atoms with E-state index < -0.39 is 0 Å². The van der Waals surface area contributed by atoms with Gasteiger partial charge >= 0.3 is 0 Å². The van der Waals surface area contributed by atoms with E-state index in [0.717, 1.165) is 24.5 Å². The quantitative estimate of drug-likeness (QED) is 0.739. The first-order valence-electron chi connectivity index (χ1n) is 4.76. The van der Waals surface area contributed by atoms with Gasteiger partial charge in [0.15, 0.2) is 0 Å². The standard InChI is InChI=1S/C11H14ClN.CH4.ClH/c1-8-7-13-5-4-9-2-3-10(12)6-11(8)9;;/h2-3,6,8,13H,4-5,7H2,1H3;1H4;1H/t8-;;/m0../s1. The van der Waals surface area contributed by atoms with Crippen molar-refractivity contribution < 1.29 is 0 Å². The van der Waals surface area contributed by atoms with Gasteiger partial charge in [0, 0.05) is 11.6 Å². The van der Waals surface area contributed by atoms with Crippen LogP contribution < -0.4 is 5.32 Å². The van der Waals surface area contributed by atoms with Crippen LogP contribution in [0.3, 0.4) is 0 Å². The minimum absolute atomic E-state index is 0. The Morgan fingerprint density at radius 1 is 1.40 bits per heavy atom. The van der Waals surface area contributed by atoms with Crippen LogP contribution >= 0.6 is 24.0 Å². The highest BCUT2D eigenvalue weighted by molar-refractivity contribution is 6.30. The highest BCUT2D eigenvalue weighted by Crippen LogP contribution is 2.25. The van der Waals surface area contributed by atoms with Crippen LogP contribution in [-0.4, -0.2) is 13.1 Å². The second kappa shape index (κ2) is 6.37. The maximum absolute atomic E-state index is 5.97. The molecule has 0 unspecified atom stereocenters. The van der Waals surface area contributed by atoms with Crippen LogP contribution in [0.2, 0.25) is 5.02 Å². The van der Waals surface area contributed by atoms with Gasteiger partial charge in [-0.2, -0.15) is 0 Å². The Morgan fingerprint density at radius 3 is 2.87 bits per heavy atom. The summed E-state index contributed by atoms with van der Waals surface area (Å²) in [6.07, 6.45) is 1.12. The molecule has 86 valence electrons. The molecule has 1 atom stereocenters. The van der Waals surface area contributed by atoms with Crippen molar-refractivity contribution in [3.05, 3.63) is 34.3 Å². The summed E-state index contributed by atoms with van der Waals surface area (Å²) in [5, 5.41) is 4.27. The van der Waals surface area contributed by atoms with E-state index in [1.54, 1.807) is 0 Å². The molecular formula is C12H19Cl2N. The van der Waals surface area contributed by atoms with Gasteiger partial charge in [-0.25, -0.2) is 0 Å².